The number of carbonyl (C=O) groups is 1. The van der Waals surface area contributed by atoms with Crippen LogP contribution >= 0.6 is 12.6 Å². The third kappa shape index (κ3) is 5.69. The second kappa shape index (κ2) is 4.68. The predicted octanol–water partition coefficient (Wildman–Crippen LogP) is 1.46. The molecule has 2 nitrogen and oxygen atoms in total. The molecular formula is C6H12O2S. The fraction of sp³-hybridized carbons (Fsp3) is 0.833. The van der Waals surface area contributed by atoms with Gasteiger partial charge in [0, 0.05) is 0 Å². The van der Waals surface area contributed by atoms with Gasteiger partial charge < -0.3 is 4.74 Å². The fourth-order valence-corrected chi connectivity index (χ4v) is 0.994. The summed E-state index contributed by atoms with van der Waals surface area (Å²) in [5, 5.41) is 0. The quantitative estimate of drug-likeness (QED) is 0.371. The Labute approximate surface area is 61.0 Å². The van der Waals surface area contributed by atoms with E-state index in [0.717, 1.165) is 6.42 Å². The zero-order chi connectivity index (χ0) is 7.28. The predicted molar refractivity (Wildman–Crippen MR) is 39.4 cm³/mol. The maximum Gasteiger partial charge on any atom is 0.294 e. The number of rotatable bonds is 4. The van der Waals surface area contributed by atoms with Gasteiger partial charge in [-0.1, -0.05) is 13.8 Å². The molecule has 0 aliphatic rings. The van der Waals surface area contributed by atoms with E-state index in [1.165, 1.54) is 0 Å². The van der Waals surface area contributed by atoms with Gasteiger partial charge in [-0.3, -0.25) is 4.79 Å². The molecule has 54 valence electrons. The molecule has 0 aromatic carbocycles. The third-order valence-electron chi connectivity index (χ3n) is 0.886. The second-order valence-corrected chi connectivity index (χ2v) is 2.89. The van der Waals surface area contributed by atoms with E-state index in [1.807, 2.05) is 0 Å². The minimum absolute atomic E-state index is 0.234. The Morgan fingerprint density at radius 1 is 1.67 bits per heavy atom. The minimum atomic E-state index is -0.234. The summed E-state index contributed by atoms with van der Waals surface area (Å²) in [6.07, 6.45) is 0.807. The molecule has 1 unspecified atom stereocenters. The normalized spacial score (nSPS) is 13.3. The molecule has 0 saturated carbocycles. The zero-order valence-electron chi connectivity index (χ0n) is 5.70. The highest BCUT2D eigenvalue weighted by Crippen LogP contribution is 2.09. The van der Waals surface area contributed by atoms with Crippen molar-refractivity contribution in [3.8, 4) is 0 Å². The van der Waals surface area contributed by atoms with Crippen LogP contribution < -0.4 is 0 Å². The van der Waals surface area contributed by atoms with Crippen LogP contribution in [-0.2, 0) is 9.53 Å². The Bertz CT molecular complexity index is 83.1. The maximum atomic E-state index is 9.73. The summed E-state index contributed by atoms with van der Waals surface area (Å²) in [6, 6.07) is 0. The van der Waals surface area contributed by atoms with Crippen LogP contribution in [0.15, 0.2) is 0 Å². The Morgan fingerprint density at radius 3 is 2.56 bits per heavy atom. The van der Waals surface area contributed by atoms with Crippen LogP contribution in [0.25, 0.3) is 0 Å². The number of thiol groups is 1. The van der Waals surface area contributed by atoms with Gasteiger partial charge in [0.2, 0.25) is 0 Å². The number of ether oxygens (including phenoxy) is 1. The van der Waals surface area contributed by atoms with E-state index in [-0.39, 0.29) is 5.44 Å². The number of carbonyl (C=O) groups excluding carboxylic acids is 1. The zero-order valence-corrected chi connectivity index (χ0v) is 6.60. The van der Waals surface area contributed by atoms with E-state index in [0.29, 0.717) is 12.4 Å². The summed E-state index contributed by atoms with van der Waals surface area (Å²) in [6.45, 7) is 4.54. The van der Waals surface area contributed by atoms with Crippen molar-refractivity contribution in [1.82, 2.24) is 0 Å². The summed E-state index contributed by atoms with van der Waals surface area (Å²) in [7, 11) is 0. The molecule has 0 rings (SSSR count). The first-order valence-corrected chi connectivity index (χ1v) is 3.45. The fourth-order valence-electron chi connectivity index (χ4n) is 0.523. The monoisotopic (exact) mass is 148 g/mol. The van der Waals surface area contributed by atoms with Crippen LogP contribution in [0, 0.1) is 5.92 Å². The maximum absolute atomic E-state index is 9.73. The lowest BCUT2D eigenvalue weighted by atomic mass is 10.1. The van der Waals surface area contributed by atoms with E-state index in [9.17, 15) is 4.79 Å². The van der Waals surface area contributed by atoms with Gasteiger partial charge in [-0.15, -0.1) is 12.6 Å². The van der Waals surface area contributed by atoms with E-state index in [1.54, 1.807) is 0 Å². The Morgan fingerprint density at radius 2 is 2.22 bits per heavy atom. The van der Waals surface area contributed by atoms with E-state index in [4.69, 9.17) is 0 Å². The average molecular weight is 148 g/mol. The van der Waals surface area contributed by atoms with Gasteiger partial charge in [0.05, 0.1) is 0 Å². The van der Waals surface area contributed by atoms with Crippen molar-refractivity contribution in [2.24, 2.45) is 5.92 Å². The Balaban J connectivity index is 3.25. The van der Waals surface area contributed by atoms with Crippen LogP contribution in [0.1, 0.15) is 20.3 Å². The van der Waals surface area contributed by atoms with Crippen LogP contribution in [0.4, 0.5) is 0 Å². The molecule has 1 atom stereocenters. The highest BCUT2D eigenvalue weighted by Gasteiger charge is 2.03. The number of hydrogen-bond donors (Lipinski definition) is 1. The highest BCUT2D eigenvalue weighted by molar-refractivity contribution is 7.80. The highest BCUT2D eigenvalue weighted by atomic mass is 32.1. The van der Waals surface area contributed by atoms with Crippen molar-refractivity contribution < 1.29 is 9.53 Å². The van der Waals surface area contributed by atoms with Gasteiger partial charge in [0.25, 0.3) is 6.47 Å². The van der Waals surface area contributed by atoms with Crippen LogP contribution in [0.3, 0.4) is 0 Å². The molecule has 0 aromatic heterocycles. The van der Waals surface area contributed by atoms with Crippen molar-refractivity contribution in [2.45, 2.75) is 25.7 Å². The molecule has 0 N–H and O–H groups in total. The lowest BCUT2D eigenvalue weighted by molar-refractivity contribution is -0.130. The van der Waals surface area contributed by atoms with Gasteiger partial charge in [-0.2, -0.15) is 0 Å². The van der Waals surface area contributed by atoms with E-state index >= 15 is 0 Å². The molecule has 0 radical (unpaired) electrons. The summed E-state index contributed by atoms with van der Waals surface area (Å²) in [5.41, 5.74) is -0.234. The molecular weight excluding hydrogens is 136 g/mol. The molecule has 0 saturated heterocycles. The standard InChI is InChI=1S/C6H12O2S/c1-5(2)3-6(9)8-4-7/h4-6,9H,3H2,1-2H3. The first-order valence-electron chi connectivity index (χ1n) is 2.94. The Kier molecular flexibility index (Phi) is 4.58. The van der Waals surface area contributed by atoms with Crippen LogP contribution in [0.2, 0.25) is 0 Å². The van der Waals surface area contributed by atoms with Gasteiger partial charge in [-0.25, -0.2) is 0 Å². The number of hydrogen-bond acceptors (Lipinski definition) is 3. The SMILES string of the molecule is CC(C)CC(S)OC=O. The second-order valence-electron chi connectivity index (χ2n) is 2.32. The van der Waals surface area contributed by atoms with Crippen molar-refractivity contribution >= 4 is 19.1 Å². The summed E-state index contributed by atoms with van der Waals surface area (Å²) < 4.78 is 4.54. The summed E-state index contributed by atoms with van der Waals surface area (Å²) in [4.78, 5) is 9.73. The third-order valence-corrected chi connectivity index (χ3v) is 1.22. The van der Waals surface area contributed by atoms with Crippen molar-refractivity contribution in [2.75, 3.05) is 0 Å². The molecule has 0 heterocycles. The smallest absolute Gasteiger partial charge is 0.294 e. The first-order chi connectivity index (χ1) is 4.16. The van der Waals surface area contributed by atoms with E-state index < -0.39 is 0 Å². The molecule has 0 fully saturated rings. The molecule has 0 spiro atoms. The Hall–Kier alpha value is -0.180. The van der Waals surface area contributed by atoms with Gasteiger partial charge in [-0.05, 0) is 12.3 Å². The molecule has 9 heavy (non-hydrogen) atoms. The summed E-state index contributed by atoms with van der Waals surface area (Å²) in [5.74, 6) is 0.521. The minimum Gasteiger partial charge on any atom is -0.454 e. The van der Waals surface area contributed by atoms with Crippen LogP contribution in [0.5, 0.6) is 0 Å². The van der Waals surface area contributed by atoms with E-state index in [2.05, 4.69) is 31.2 Å². The van der Waals surface area contributed by atoms with Gasteiger partial charge in [0.15, 0.2) is 0 Å². The van der Waals surface area contributed by atoms with Gasteiger partial charge >= 0.3 is 0 Å². The average Bonchev–Trinajstić information content (AvgIpc) is 1.63. The molecule has 3 heteroatoms. The van der Waals surface area contributed by atoms with Crippen molar-refractivity contribution in [3.05, 3.63) is 0 Å². The van der Waals surface area contributed by atoms with Crippen LogP contribution in [-0.4, -0.2) is 11.9 Å². The summed E-state index contributed by atoms with van der Waals surface area (Å²) >= 11 is 4.00. The molecule has 0 aliphatic carbocycles. The first kappa shape index (κ1) is 8.82. The van der Waals surface area contributed by atoms with Gasteiger partial charge in [0.1, 0.15) is 5.44 Å². The molecule has 0 amide bonds. The molecule has 0 aromatic rings. The lowest BCUT2D eigenvalue weighted by Crippen LogP contribution is -2.06. The molecule has 0 bridgehead atoms. The molecule has 0 aliphatic heterocycles. The topological polar surface area (TPSA) is 26.3 Å². The van der Waals surface area contributed by atoms with Crippen molar-refractivity contribution in [3.63, 3.8) is 0 Å². The van der Waals surface area contributed by atoms with Crippen molar-refractivity contribution in [1.29, 1.82) is 0 Å². The lowest BCUT2D eigenvalue weighted by Gasteiger charge is -2.09. The largest absolute Gasteiger partial charge is 0.454 e.